The van der Waals surface area contributed by atoms with Crippen LogP contribution in [0.4, 0.5) is 17.1 Å². The molecule has 3 aliphatic rings. The highest BCUT2D eigenvalue weighted by Gasteiger charge is 2.52. The molecule has 0 unspecified atom stereocenters. The van der Waals surface area contributed by atoms with E-state index in [1.807, 2.05) is 0 Å². The second kappa shape index (κ2) is 12.2. The number of rotatable bonds is 5. The zero-order chi connectivity index (χ0) is 37.6. The molecule has 55 heavy (non-hydrogen) atoms. The minimum atomic E-state index is -0.434. The van der Waals surface area contributed by atoms with E-state index in [1.54, 1.807) is 0 Å². The van der Waals surface area contributed by atoms with Gasteiger partial charge in [0.2, 0.25) is 0 Å². The lowest BCUT2D eigenvalue weighted by Gasteiger charge is -2.33. The van der Waals surface area contributed by atoms with Crippen molar-refractivity contribution in [1.82, 2.24) is 0 Å². The predicted molar refractivity (Wildman–Crippen MR) is 233 cm³/mol. The van der Waals surface area contributed by atoms with Gasteiger partial charge in [0.25, 0.3) is 0 Å². The average Bonchev–Trinajstić information content (AvgIpc) is 3.75. The van der Waals surface area contributed by atoms with Crippen molar-refractivity contribution in [3.63, 3.8) is 0 Å². The summed E-state index contributed by atoms with van der Waals surface area (Å²) >= 11 is 0. The van der Waals surface area contributed by atoms with Crippen molar-refractivity contribution in [3.05, 3.63) is 214 Å². The van der Waals surface area contributed by atoms with Gasteiger partial charge < -0.3 is 4.90 Å². The topological polar surface area (TPSA) is 3.24 Å². The summed E-state index contributed by atoms with van der Waals surface area (Å²) in [7, 11) is 0. The molecule has 0 fully saturated rings. The minimum absolute atomic E-state index is 0.122. The maximum atomic E-state index is 2.52. The fraction of sp³-hybridized carbons (Fsp3) is 0.148. The fourth-order valence-electron chi connectivity index (χ4n) is 10.2. The van der Waals surface area contributed by atoms with Crippen LogP contribution in [0.3, 0.4) is 0 Å². The predicted octanol–water partition coefficient (Wildman–Crippen LogP) is 14.4. The molecular formula is C54H45N. The van der Waals surface area contributed by atoms with E-state index in [0.29, 0.717) is 0 Å². The minimum Gasteiger partial charge on any atom is -0.310 e. The molecule has 266 valence electrons. The Kier molecular flexibility index (Phi) is 7.39. The summed E-state index contributed by atoms with van der Waals surface area (Å²) in [5.41, 5.74) is 24.1. The van der Waals surface area contributed by atoms with Gasteiger partial charge in [-0.3, -0.25) is 0 Å². The van der Waals surface area contributed by atoms with Gasteiger partial charge in [-0.15, -0.1) is 0 Å². The quantitative estimate of drug-likeness (QED) is 0.161. The van der Waals surface area contributed by atoms with Crippen LogP contribution in [0.25, 0.3) is 39.0 Å². The number of aryl methyl sites for hydroxylation is 2. The molecule has 0 amide bonds. The zero-order valence-corrected chi connectivity index (χ0v) is 32.5. The first-order chi connectivity index (χ1) is 26.8. The normalized spacial score (nSPS) is 15.1. The van der Waals surface area contributed by atoms with Crippen LogP contribution in [0.2, 0.25) is 0 Å². The summed E-state index contributed by atoms with van der Waals surface area (Å²) in [5, 5.41) is 0. The number of anilines is 3. The van der Waals surface area contributed by atoms with Crippen molar-refractivity contribution in [3.8, 4) is 33.4 Å². The first kappa shape index (κ1) is 33.4. The highest BCUT2D eigenvalue weighted by atomic mass is 15.1. The molecule has 1 spiro atoms. The molecule has 7 aromatic rings. The molecule has 0 radical (unpaired) electrons. The third kappa shape index (κ3) is 4.59. The van der Waals surface area contributed by atoms with E-state index in [1.165, 1.54) is 89.0 Å². The van der Waals surface area contributed by atoms with E-state index in [0.717, 1.165) is 17.1 Å². The SMILES string of the molecule is CC=CC(=CC)c1ccccc1N(c1ccc2c(c1)C(C)(C)c1ccccc1-2)c1ccc2c(c1)C1(c3ccccc3-2)c2cc(C)ccc2-c2ccc(C)cc21. The van der Waals surface area contributed by atoms with E-state index >= 15 is 0 Å². The Labute approximate surface area is 326 Å². The molecule has 0 aromatic heterocycles. The Morgan fingerprint density at radius 3 is 1.56 bits per heavy atom. The molecule has 0 saturated heterocycles. The van der Waals surface area contributed by atoms with Crippen LogP contribution in [-0.4, -0.2) is 0 Å². The molecule has 1 heteroatoms. The number of para-hydroxylation sites is 1. The van der Waals surface area contributed by atoms with Crippen molar-refractivity contribution in [2.45, 2.75) is 52.4 Å². The van der Waals surface area contributed by atoms with Crippen LogP contribution in [0.15, 0.2) is 164 Å². The van der Waals surface area contributed by atoms with E-state index in [4.69, 9.17) is 0 Å². The van der Waals surface area contributed by atoms with E-state index in [2.05, 4.69) is 210 Å². The number of allylic oxidation sites excluding steroid dienone is 4. The number of hydrogen-bond acceptors (Lipinski definition) is 1. The molecule has 1 nitrogen and oxygen atoms in total. The molecule has 7 aromatic carbocycles. The summed E-state index contributed by atoms with van der Waals surface area (Å²) in [4.78, 5) is 2.52. The van der Waals surface area contributed by atoms with Crippen LogP contribution in [0.1, 0.15) is 77.8 Å². The van der Waals surface area contributed by atoms with Gasteiger partial charge in [-0.25, -0.2) is 0 Å². The third-order valence-electron chi connectivity index (χ3n) is 12.7. The maximum absolute atomic E-state index is 2.52. The molecule has 0 heterocycles. The fourth-order valence-corrected chi connectivity index (χ4v) is 10.2. The number of benzene rings is 7. The van der Waals surface area contributed by atoms with Crippen LogP contribution in [0.5, 0.6) is 0 Å². The van der Waals surface area contributed by atoms with Crippen LogP contribution < -0.4 is 4.90 Å². The summed E-state index contributed by atoms with van der Waals surface area (Å²) < 4.78 is 0. The summed E-state index contributed by atoms with van der Waals surface area (Å²) in [5.74, 6) is 0. The molecular weight excluding hydrogens is 663 g/mol. The number of hydrogen-bond donors (Lipinski definition) is 0. The summed E-state index contributed by atoms with van der Waals surface area (Å²) in [6.45, 7) is 13.5. The Morgan fingerprint density at radius 1 is 0.473 bits per heavy atom. The first-order valence-corrected chi connectivity index (χ1v) is 19.7. The first-order valence-electron chi connectivity index (χ1n) is 19.7. The lowest BCUT2D eigenvalue weighted by molar-refractivity contribution is 0.660. The highest BCUT2D eigenvalue weighted by Crippen LogP contribution is 2.64. The molecule has 0 atom stereocenters. The van der Waals surface area contributed by atoms with Gasteiger partial charge in [0.05, 0.1) is 11.1 Å². The molecule has 10 rings (SSSR count). The van der Waals surface area contributed by atoms with Crippen molar-refractivity contribution in [2.75, 3.05) is 4.90 Å². The Morgan fingerprint density at radius 2 is 0.945 bits per heavy atom. The van der Waals surface area contributed by atoms with Crippen molar-refractivity contribution in [2.24, 2.45) is 0 Å². The molecule has 0 bridgehead atoms. The average molecular weight is 708 g/mol. The molecule has 0 N–H and O–H groups in total. The second-order valence-corrected chi connectivity index (χ2v) is 16.1. The van der Waals surface area contributed by atoms with Gasteiger partial charge >= 0.3 is 0 Å². The Hall–Kier alpha value is -6.18. The van der Waals surface area contributed by atoms with E-state index in [-0.39, 0.29) is 5.41 Å². The van der Waals surface area contributed by atoms with Gasteiger partial charge in [-0.2, -0.15) is 0 Å². The van der Waals surface area contributed by atoms with Gasteiger partial charge in [-0.1, -0.05) is 158 Å². The van der Waals surface area contributed by atoms with Crippen molar-refractivity contribution in [1.29, 1.82) is 0 Å². The van der Waals surface area contributed by atoms with Crippen LogP contribution in [-0.2, 0) is 10.8 Å². The van der Waals surface area contributed by atoms with Gasteiger partial charge in [0.1, 0.15) is 0 Å². The molecule has 3 aliphatic carbocycles. The summed E-state index contributed by atoms with van der Waals surface area (Å²) in [6, 6.07) is 55.5. The maximum Gasteiger partial charge on any atom is 0.0726 e. The van der Waals surface area contributed by atoms with Gasteiger partial charge in [-0.05, 0) is 130 Å². The zero-order valence-electron chi connectivity index (χ0n) is 32.5. The largest absolute Gasteiger partial charge is 0.310 e. The van der Waals surface area contributed by atoms with Gasteiger partial charge in [0.15, 0.2) is 0 Å². The van der Waals surface area contributed by atoms with Crippen LogP contribution >= 0.6 is 0 Å². The highest BCUT2D eigenvalue weighted by molar-refractivity contribution is 5.97. The third-order valence-corrected chi connectivity index (χ3v) is 12.7. The van der Waals surface area contributed by atoms with Crippen LogP contribution in [0, 0.1) is 13.8 Å². The van der Waals surface area contributed by atoms with E-state index in [9.17, 15) is 0 Å². The van der Waals surface area contributed by atoms with Crippen molar-refractivity contribution >= 4 is 22.6 Å². The standard InChI is InChI=1S/C54H45N/c1-7-15-36(8-2)39-16-11-14-21-52(39)55(37-24-28-42-40-17-9-12-19-46(40)53(5,6)48(42)32-37)38-25-29-45-41-18-10-13-20-47(41)54(51(45)33-38)49-30-34(3)22-26-43(49)44-27-23-35(4)31-50(44)54/h7-33H,1-6H3. The molecule has 0 saturated carbocycles. The van der Waals surface area contributed by atoms with Gasteiger partial charge in [0, 0.05) is 22.4 Å². The number of fused-ring (bicyclic) bond motifs is 13. The lowest BCUT2D eigenvalue weighted by Crippen LogP contribution is -2.26. The molecule has 0 aliphatic heterocycles. The van der Waals surface area contributed by atoms with E-state index < -0.39 is 5.41 Å². The lowest BCUT2D eigenvalue weighted by atomic mass is 9.70. The van der Waals surface area contributed by atoms with Crippen molar-refractivity contribution < 1.29 is 0 Å². The Balaban J connectivity index is 1.27. The Bertz CT molecular complexity index is 2740. The second-order valence-electron chi connectivity index (χ2n) is 16.1. The monoisotopic (exact) mass is 707 g/mol. The summed E-state index contributed by atoms with van der Waals surface area (Å²) in [6.07, 6.45) is 6.59. The number of nitrogens with zero attached hydrogens (tertiary/aromatic N) is 1. The smallest absolute Gasteiger partial charge is 0.0726 e.